The maximum atomic E-state index is 5.10. The van der Waals surface area contributed by atoms with E-state index in [4.69, 9.17) is 4.74 Å². The molecule has 2 nitrogen and oxygen atoms in total. The van der Waals surface area contributed by atoms with Gasteiger partial charge in [-0.15, -0.1) is 0 Å². The van der Waals surface area contributed by atoms with Crippen LogP contribution in [0.4, 0.5) is 0 Å². The van der Waals surface area contributed by atoms with Crippen LogP contribution in [0, 0.1) is 11.8 Å². The Kier molecular flexibility index (Phi) is 4.60. The zero-order valence-corrected chi connectivity index (χ0v) is 8.63. The van der Waals surface area contributed by atoms with Gasteiger partial charge in [0.1, 0.15) is 5.75 Å². The summed E-state index contributed by atoms with van der Waals surface area (Å²) in [5, 5.41) is 3.14. The van der Waals surface area contributed by atoms with Crippen molar-refractivity contribution in [3.63, 3.8) is 0 Å². The van der Waals surface area contributed by atoms with E-state index in [1.165, 1.54) is 0 Å². The number of methoxy groups -OCH3 is 1. The molecule has 2 heteroatoms. The van der Waals surface area contributed by atoms with Crippen LogP contribution in [-0.4, -0.2) is 20.2 Å². The minimum atomic E-state index is 0.730. The third-order valence-electron chi connectivity index (χ3n) is 1.77. The van der Waals surface area contributed by atoms with Gasteiger partial charge in [0, 0.05) is 5.56 Å². The summed E-state index contributed by atoms with van der Waals surface area (Å²) in [6.07, 6.45) is 0. The van der Waals surface area contributed by atoms with E-state index in [2.05, 4.69) is 24.1 Å². The smallest absolute Gasteiger partial charge is 0.120 e. The van der Waals surface area contributed by atoms with Gasteiger partial charge in [0.05, 0.1) is 13.7 Å². The Bertz CT molecular complexity index is 336. The van der Waals surface area contributed by atoms with Gasteiger partial charge in [-0.3, -0.25) is 0 Å². The first-order valence-corrected chi connectivity index (χ1v) is 4.70. The molecular formula is C12H15NO. The van der Waals surface area contributed by atoms with Gasteiger partial charge in [-0.2, -0.15) is 0 Å². The van der Waals surface area contributed by atoms with Crippen LogP contribution in [0.2, 0.25) is 0 Å². The number of hydrogen-bond acceptors (Lipinski definition) is 2. The average molecular weight is 189 g/mol. The molecule has 0 saturated heterocycles. The van der Waals surface area contributed by atoms with Crippen molar-refractivity contribution in [2.24, 2.45) is 0 Å². The number of rotatable bonds is 3. The minimum Gasteiger partial charge on any atom is -0.497 e. The Morgan fingerprint density at radius 2 is 2.29 bits per heavy atom. The Morgan fingerprint density at radius 1 is 1.43 bits per heavy atom. The van der Waals surface area contributed by atoms with E-state index in [1.807, 2.05) is 24.3 Å². The molecule has 0 aliphatic rings. The van der Waals surface area contributed by atoms with Crippen LogP contribution >= 0.6 is 0 Å². The maximum Gasteiger partial charge on any atom is 0.120 e. The number of ether oxygens (including phenoxy) is 1. The van der Waals surface area contributed by atoms with E-state index < -0.39 is 0 Å². The number of nitrogens with one attached hydrogen (secondary N) is 1. The number of hydrogen-bond donors (Lipinski definition) is 1. The van der Waals surface area contributed by atoms with Gasteiger partial charge < -0.3 is 10.1 Å². The van der Waals surface area contributed by atoms with Crippen molar-refractivity contribution in [3.05, 3.63) is 29.8 Å². The summed E-state index contributed by atoms with van der Waals surface area (Å²) in [5.74, 6) is 6.95. The van der Waals surface area contributed by atoms with Crippen molar-refractivity contribution in [2.45, 2.75) is 6.92 Å². The van der Waals surface area contributed by atoms with Gasteiger partial charge in [0.2, 0.25) is 0 Å². The van der Waals surface area contributed by atoms with Crippen molar-refractivity contribution < 1.29 is 4.74 Å². The van der Waals surface area contributed by atoms with Crippen molar-refractivity contribution in [1.82, 2.24) is 5.32 Å². The van der Waals surface area contributed by atoms with Gasteiger partial charge in [-0.05, 0) is 24.7 Å². The van der Waals surface area contributed by atoms with Crippen molar-refractivity contribution in [3.8, 4) is 17.6 Å². The van der Waals surface area contributed by atoms with Crippen LogP contribution in [0.1, 0.15) is 12.5 Å². The van der Waals surface area contributed by atoms with Gasteiger partial charge in [0.15, 0.2) is 0 Å². The SMILES string of the molecule is CCNCC#Cc1cccc(OC)c1. The van der Waals surface area contributed by atoms with Crippen LogP contribution in [0.3, 0.4) is 0 Å². The Morgan fingerprint density at radius 3 is 3.00 bits per heavy atom. The van der Waals surface area contributed by atoms with Crippen molar-refractivity contribution in [1.29, 1.82) is 0 Å². The molecule has 0 unspecified atom stereocenters. The molecule has 0 saturated carbocycles. The minimum absolute atomic E-state index is 0.730. The molecule has 74 valence electrons. The van der Waals surface area contributed by atoms with Crippen LogP contribution in [0.25, 0.3) is 0 Å². The maximum absolute atomic E-state index is 5.10. The highest BCUT2D eigenvalue weighted by atomic mass is 16.5. The molecule has 0 amide bonds. The molecule has 0 aromatic heterocycles. The molecule has 1 aromatic carbocycles. The van der Waals surface area contributed by atoms with E-state index >= 15 is 0 Å². The summed E-state index contributed by atoms with van der Waals surface area (Å²) in [7, 11) is 1.66. The lowest BCUT2D eigenvalue weighted by atomic mass is 10.2. The summed E-state index contributed by atoms with van der Waals surface area (Å²) in [6.45, 7) is 3.74. The molecule has 0 aliphatic heterocycles. The molecule has 0 aliphatic carbocycles. The second-order valence-electron chi connectivity index (χ2n) is 2.81. The largest absolute Gasteiger partial charge is 0.497 e. The van der Waals surface area contributed by atoms with E-state index in [1.54, 1.807) is 7.11 Å². The molecule has 0 spiro atoms. The zero-order valence-electron chi connectivity index (χ0n) is 8.63. The molecule has 1 rings (SSSR count). The lowest BCUT2D eigenvalue weighted by Crippen LogP contribution is -2.11. The molecule has 0 radical (unpaired) electrons. The van der Waals surface area contributed by atoms with E-state index in [-0.39, 0.29) is 0 Å². The Hall–Kier alpha value is -1.46. The Balaban J connectivity index is 2.60. The van der Waals surface area contributed by atoms with Crippen LogP contribution in [0.5, 0.6) is 5.75 Å². The molecule has 14 heavy (non-hydrogen) atoms. The lowest BCUT2D eigenvalue weighted by Gasteiger charge is -1.98. The van der Waals surface area contributed by atoms with E-state index in [9.17, 15) is 0 Å². The fraction of sp³-hybridized carbons (Fsp3) is 0.333. The van der Waals surface area contributed by atoms with E-state index in [0.717, 1.165) is 24.4 Å². The van der Waals surface area contributed by atoms with Gasteiger partial charge in [-0.25, -0.2) is 0 Å². The van der Waals surface area contributed by atoms with Crippen LogP contribution < -0.4 is 10.1 Å². The highest BCUT2D eigenvalue weighted by molar-refractivity contribution is 5.39. The topological polar surface area (TPSA) is 21.3 Å². The first-order valence-electron chi connectivity index (χ1n) is 4.70. The zero-order chi connectivity index (χ0) is 10.2. The van der Waals surface area contributed by atoms with Gasteiger partial charge in [0.25, 0.3) is 0 Å². The fourth-order valence-electron chi connectivity index (χ4n) is 1.03. The first-order chi connectivity index (χ1) is 6.86. The van der Waals surface area contributed by atoms with Gasteiger partial charge >= 0.3 is 0 Å². The summed E-state index contributed by atoms with van der Waals surface area (Å²) in [5.41, 5.74) is 0.988. The normalized spacial score (nSPS) is 9.00. The second kappa shape index (κ2) is 6.06. The third-order valence-corrected chi connectivity index (χ3v) is 1.77. The molecule has 0 heterocycles. The van der Waals surface area contributed by atoms with Crippen molar-refractivity contribution >= 4 is 0 Å². The quantitative estimate of drug-likeness (QED) is 0.576. The first kappa shape index (κ1) is 10.6. The average Bonchev–Trinajstić information content (AvgIpc) is 2.25. The van der Waals surface area contributed by atoms with Gasteiger partial charge in [-0.1, -0.05) is 24.8 Å². The molecule has 0 fully saturated rings. The summed E-state index contributed by atoms with van der Waals surface area (Å²) < 4.78 is 5.10. The predicted octanol–water partition coefficient (Wildman–Crippen LogP) is 1.66. The molecule has 1 aromatic rings. The summed E-state index contributed by atoms with van der Waals surface area (Å²) in [4.78, 5) is 0. The fourth-order valence-corrected chi connectivity index (χ4v) is 1.03. The monoisotopic (exact) mass is 189 g/mol. The number of benzene rings is 1. The van der Waals surface area contributed by atoms with Crippen LogP contribution in [0.15, 0.2) is 24.3 Å². The van der Waals surface area contributed by atoms with E-state index in [0.29, 0.717) is 0 Å². The molecule has 1 N–H and O–H groups in total. The highest BCUT2D eigenvalue weighted by Gasteiger charge is 1.90. The Labute approximate surface area is 85.3 Å². The second-order valence-corrected chi connectivity index (χ2v) is 2.81. The molecular weight excluding hydrogens is 174 g/mol. The van der Waals surface area contributed by atoms with Crippen molar-refractivity contribution in [2.75, 3.05) is 20.2 Å². The molecule has 0 atom stereocenters. The third kappa shape index (κ3) is 3.51. The predicted molar refractivity (Wildman–Crippen MR) is 58.4 cm³/mol. The summed E-state index contributed by atoms with van der Waals surface area (Å²) >= 11 is 0. The highest BCUT2D eigenvalue weighted by Crippen LogP contribution is 2.10. The standard InChI is InChI=1S/C12H15NO/c1-3-13-9-5-7-11-6-4-8-12(10-11)14-2/h4,6,8,10,13H,3,9H2,1-2H3. The molecule has 0 bridgehead atoms. The summed E-state index contributed by atoms with van der Waals surface area (Å²) in [6, 6.07) is 7.76. The van der Waals surface area contributed by atoms with Crippen LogP contribution in [-0.2, 0) is 0 Å². The lowest BCUT2D eigenvalue weighted by molar-refractivity contribution is 0.414.